The zero-order chi connectivity index (χ0) is 49.0. The van der Waals surface area contributed by atoms with Gasteiger partial charge in [-0.2, -0.15) is 0 Å². The van der Waals surface area contributed by atoms with E-state index < -0.39 is 54.8 Å². The first-order valence-electron chi connectivity index (χ1n) is 23.0. The van der Waals surface area contributed by atoms with Crippen LogP contribution in [-0.4, -0.2) is 88.5 Å². The minimum absolute atomic E-state index is 0.109. The molecule has 0 heterocycles. The molecule has 14 heteroatoms. The summed E-state index contributed by atoms with van der Waals surface area (Å²) >= 11 is 0. The van der Waals surface area contributed by atoms with Crippen LogP contribution in [0.5, 0.6) is 11.5 Å². The molecule has 0 fully saturated rings. The Kier molecular flexibility index (Phi) is 25.0. The largest absolute Gasteiger partial charge is 0.492 e. The van der Waals surface area contributed by atoms with Gasteiger partial charge >= 0.3 is 29.8 Å². The molecule has 0 aliphatic carbocycles. The fraction of sp³-hybridized carbons (Fsp3) is 0.491. The first kappa shape index (κ1) is 55.3. The molecule has 3 rings (SSSR count). The van der Waals surface area contributed by atoms with E-state index in [1.807, 2.05) is 36.4 Å². The third-order valence-corrected chi connectivity index (χ3v) is 10.8. The molecular formula is C53H70O14. The van der Waals surface area contributed by atoms with Crippen LogP contribution in [0.4, 0.5) is 0 Å². The number of hydrogen-bond acceptors (Lipinski definition) is 14. The smallest absolute Gasteiger partial charge is 0.333 e. The van der Waals surface area contributed by atoms with Gasteiger partial charge in [0, 0.05) is 17.6 Å². The van der Waals surface area contributed by atoms with E-state index in [1.165, 1.54) is 65.2 Å². The quantitative estimate of drug-likeness (QED) is 0.0201. The second kappa shape index (κ2) is 30.3. The lowest BCUT2D eigenvalue weighted by Gasteiger charge is -2.33. The lowest BCUT2D eigenvalue weighted by molar-refractivity contribution is -0.175. The number of hydrogen-bond donors (Lipinski definition) is 1. The van der Waals surface area contributed by atoms with Gasteiger partial charge in [0.25, 0.3) is 0 Å². The first-order valence-corrected chi connectivity index (χ1v) is 23.0. The van der Waals surface area contributed by atoms with Gasteiger partial charge in [0.1, 0.15) is 37.9 Å². The molecule has 0 aromatic heterocycles. The molecule has 0 aliphatic rings. The van der Waals surface area contributed by atoms with Crippen molar-refractivity contribution in [2.24, 2.45) is 5.41 Å². The van der Waals surface area contributed by atoms with E-state index in [4.69, 9.17) is 28.4 Å². The van der Waals surface area contributed by atoms with Crippen molar-refractivity contribution in [3.8, 4) is 22.6 Å². The lowest BCUT2D eigenvalue weighted by Crippen LogP contribution is -2.45. The van der Waals surface area contributed by atoms with Crippen LogP contribution < -0.4 is 9.47 Å². The maximum Gasteiger partial charge on any atom is 0.333 e. The van der Waals surface area contributed by atoms with Crippen LogP contribution >= 0.6 is 0 Å². The normalized spacial score (nSPS) is 12.2. The first-order chi connectivity index (χ1) is 32.2. The van der Waals surface area contributed by atoms with Crippen molar-refractivity contribution in [1.82, 2.24) is 0 Å². The third kappa shape index (κ3) is 21.5. The van der Waals surface area contributed by atoms with Gasteiger partial charge in [-0.15, -0.1) is 0 Å². The van der Waals surface area contributed by atoms with E-state index in [9.17, 15) is 29.1 Å². The molecule has 0 amide bonds. The Morgan fingerprint density at radius 3 is 1.88 bits per heavy atom. The summed E-state index contributed by atoms with van der Waals surface area (Å²) in [6, 6.07) is 22.0. The fourth-order valence-corrected chi connectivity index (χ4v) is 6.60. The highest BCUT2D eigenvalue weighted by atomic mass is 16.6. The van der Waals surface area contributed by atoms with Crippen molar-refractivity contribution in [1.29, 1.82) is 0 Å². The molecule has 366 valence electrons. The van der Waals surface area contributed by atoms with E-state index in [-0.39, 0.29) is 56.7 Å². The molecular weight excluding hydrogens is 861 g/mol. The van der Waals surface area contributed by atoms with Crippen LogP contribution in [0.25, 0.3) is 11.1 Å². The summed E-state index contributed by atoms with van der Waals surface area (Å²) < 4.78 is 44.2. The van der Waals surface area contributed by atoms with Gasteiger partial charge in [0.15, 0.2) is 6.29 Å². The molecule has 0 saturated carbocycles. The number of unbranched alkanes of at least 4 members (excludes halogenated alkanes) is 5. The summed E-state index contributed by atoms with van der Waals surface area (Å²) in [6.07, 6.45) is 7.32. The SMILES string of the molecule is C=C(C)C(=O)OCCCc1cc(-c2ccc(OCc3ccc(CCCCCCCC)cc3)cc2)ccc1OCC(COC(=O)CCC(=O)OC)(COC(=O)C(=C)C)COC(O)CCC(=O)OC. The maximum absolute atomic E-state index is 12.9. The molecule has 0 aliphatic heterocycles. The molecule has 3 aromatic rings. The van der Waals surface area contributed by atoms with Crippen LogP contribution in [0.2, 0.25) is 0 Å². The van der Waals surface area contributed by atoms with Gasteiger partial charge in [0.05, 0.1) is 52.1 Å². The van der Waals surface area contributed by atoms with Crippen molar-refractivity contribution in [3.63, 3.8) is 0 Å². The van der Waals surface area contributed by atoms with Gasteiger partial charge in [-0.1, -0.05) is 94.7 Å². The number of aliphatic hydroxyl groups is 1. The summed E-state index contributed by atoms with van der Waals surface area (Å²) in [5.74, 6) is -2.01. The van der Waals surface area contributed by atoms with Gasteiger partial charge in [-0.3, -0.25) is 14.4 Å². The van der Waals surface area contributed by atoms with Crippen molar-refractivity contribution in [2.75, 3.05) is 47.3 Å². The molecule has 3 aromatic carbocycles. The van der Waals surface area contributed by atoms with Gasteiger partial charge in [-0.05, 0) is 91.6 Å². The van der Waals surface area contributed by atoms with Crippen LogP contribution in [-0.2, 0) is 71.8 Å². The molecule has 14 nitrogen and oxygen atoms in total. The van der Waals surface area contributed by atoms with Gasteiger partial charge in [0.2, 0.25) is 0 Å². The summed E-state index contributed by atoms with van der Waals surface area (Å²) in [6.45, 7) is 11.6. The van der Waals surface area contributed by atoms with E-state index in [0.717, 1.165) is 28.7 Å². The Bertz CT molecular complexity index is 2040. The average Bonchev–Trinajstić information content (AvgIpc) is 3.33. The van der Waals surface area contributed by atoms with Crippen molar-refractivity contribution >= 4 is 29.8 Å². The molecule has 1 N–H and O–H groups in total. The van der Waals surface area contributed by atoms with E-state index in [1.54, 1.807) is 13.0 Å². The number of methoxy groups -OCH3 is 2. The van der Waals surface area contributed by atoms with Crippen LogP contribution in [0, 0.1) is 5.41 Å². The Labute approximate surface area is 395 Å². The monoisotopic (exact) mass is 930 g/mol. The summed E-state index contributed by atoms with van der Waals surface area (Å²) in [4.78, 5) is 61.2. The van der Waals surface area contributed by atoms with Gasteiger partial charge in [-0.25, -0.2) is 9.59 Å². The molecule has 0 saturated heterocycles. The molecule has 67 heavy (non-hydrogen) atoms. The fourth-order valence-electron chi connectivity index (χ4n) is 6.60. The van der Waals surface area contributed by atoms with Crippen LogP contribution in [0.1, 0.15) is 108 Å². The number of carbonyl (C=O) groups excluding carboxylic acids is 5. The Hall–Kier alpha value is -5.99. The van der Waals surface area contributed by atoms with Crippen molar-refractivity contribution < 1.29 is 67.0 Å². The predicted molar refractivity (Wildman–Crippen MR) is 253 cm³/mol. The van der Waals surface area contributed by atoms with Crippen LogP contribution in [0.15, 0.2) is 91.0 Å². The second-order valence-corrected chi connectivity index (χ2v) is 16.8. The zero-order valence-corrected chi connectivity index (χ0v) is 40.0. The maximum atomic E-state index is 12.9. The van der Waals surface area contributed by atoms with Crippen molar-refractivity contribution in [3.05, 3.63) is 108 Å². The number of aliphatic hydroxyl groups excluding tert-OH is 1. The Morgan fingerprint density at radius 1 is 0.612 bits per heavy atom. The van der Waals surface area contributed by atoms with E-state index in [2.05, 4.69) is 53.8 Å². The number of aryl methyl sites for hydroxylation is 2. The predicted octanol–water partition coefficient (Wildman–Crippen LogP) is 9.16. The lowest BCUT2D eigenvalue weighted by atomic mass is 9.91. The highest BCUT2D eigenvalue weighted by Gasteiger charge is 2.37. The molecule has 2 unspecified atom stereocenters. The highest BCUT2D eigenvalue weighted by molar-refractivity contribution is 5.87. The standard InChI is InChI=1S/C53H70O14/c1-8-9-10-11-12-13-15-40-17-19-41(20-18-40)33-63-45-24-21-42(22-25-45)43-23-26-46(44(32-43)16-14-31-62-51(58)38(2)3)64-34-53(37-67-52(59)39(4)5,35-65-49(56)29-27-47(54)60-6)36-66-50(57)30-28-48(55)61-7/h17-26,32,49,56H,2,4,8-16,27-31,33-37H2,1,3,5-7H3. The molecule has 2 atom stereocenters. The minimum atomic E-state index is -1.45. The Balaban J connectivity index is 1.86. The third-order valence-electron chi connectivity index (χ3n) is 10.8. The number of ether oxygens (including phenoxy) is 8. The second-order valence-electron chi connectivity index (χ2n) is 16.8. The average molecular weight is 931 g/mol. The van der Waals surface area contributed by atoms with E-state index >= 15 is 0 Å². The van der Waals surface area contributed by atoms with E-state index in [0.29, 0.717) is 30.9 Å². The zero-order valence-electron chi connectivity index (χ0n) is 40.0. The van der Waals surface area contributed by atoms with Crippen molar-refractivity contribution in [2.45, 2.75) is 117 Å². The number of benzene rings is 3. The molecule has 0 bridgehead atoms. The topological polar surface area (TPSA) is 179 Å². The summed E-state index contributed by atoms with van der Waals surface area (Å²) in [5, 5.41) is 10.7. The number of esters is 5. The van der Waals surface area contributed by atoms with Gasteiger partial charge < -0.3 is 43.0 Å². The molecule has 0 radical (unpaired) electrons. The summed E-state index contributed by atoms with van der Waals surface area (Å²) in [5.41, 5.74) is 3.89. The Morgan fingerprint density at radius 2 is 1.21 bits per heavy atom. The summed E-state index contributed by atoms with van der Waals surface area (Å²) in [7, 11) is 2.43. The number of carbonyl (C=O) groups is 5. The van der Waals surface area contributed by atoms with Crippen LogP contribution in [0.3, 0.4) is 0 Å². The minimum Gasteiger partial charge on any atom is -0.492 e. The number of rotatable bonds is 33. The highest BCUT2D eigenvalue weighted by Crippen LogP contribution is 2.32. The molecule has 0 spiro atoms.